The molecule has 0 amide bonds. The molecule has 3 aromatic carbocycles. The molecule has 0 spiro atoms. The van der Waals surface area contributed by atoms with E-state index >= 15 is 0 Å². The van der Waals surface area contributed by atoms with Crippen molar-refractivity contribution in [3.8, 4) is 5.75 Å². The predicted molar refractivity (Wildman–Crippen MR) is 189 cm³/mol. The minimum Gasteiger partial charge on any atom is -0.487 e. The van der Waals surface area contributed by atoms with Gasteiger partial charge in [-0.15, -0.1) is 0 Å². The summed E-state index contributed by atoms with van der Waals surface area (Å²) in [4.78, 5) is 15.5. The van der Waals surface area contributed by atoms with E-state index in [0.717, 1.165) is 55.5 Å². The molecule has 6 nitrogen and oxygen atoms in total. The van der Waals surface area contributed by atoms with Gasteiger partial charge in [0.15, 0.2) is 8.32 Å². The molecule has 45 heavy (non-hydrogen) atoms. The largest absolute Gasteiger partial charge is 0.487 e. The van der Waals surface area contributed by atoms with Crippen LogP contribution in [-0.2, 0) is 22.2 Å². The molecular weight excluding hydrogens is 577 g/mol. The number of aromatic nitrogens is 1. The molecule has 4 aromatic rings. The molecule has 2 N–H and O–H groups in total. The first kappa shape index (κ1) is 34.6. The van der Waals surface area contributed by atoms with Gasteiger partial charge in [-0.05, 0) is 72.8 Å². The summed E-state index contributed by atoms with van der Waals surface area (Å²) in [6.45, 7) is 15.1. The molecule has 4 rings (SSSR count). The van der Waals surface area contributed by atoms with E-state index < -0.39 is 8.32 Å². The number of hydrogen-bond donors (Lipinski definition) is 2. The quantitative estimate of drug-likeness (QED) is 0.0853. The number of H-pyrrole nitrogens is 1. The van der Waals surface area contributed by atoms with Crippen molar-refractivity contribution >= 4 is 19.2 Å². The summed E-state index contributed by atoms with van der Waals surface area (Å²) in [5, 5.41) is 4.71. The molecule has 0 fully saturated rings. The van der Waals surface area contributed by atoms with Crippen LogP contribution >= 0.6 is 0 Å². The average molecular weight is 629 g/mol. The van der Waals surface area contributed by atoms with Crippen molar-refractivity contribution in [2.75, 3.05) is 26.3 Å². The number of aromatic amines is 1. The molecule has 0 aliphatic rings. The summed E-state index contributed by atoms with van der Waals surface area (Å²) in [5.41, 5.74) is 4.04. The minimum atomic E-state index is -2.10. The number of unbranched alkanes of at least 4 members (excludes halogenated alkanes) is 3. The third kappa shape index (κ3) is 10.7. The molecule has 0 radical (unpaired) electrons. The predicted octanol–water partition coefficient (Wildman–Crippen LogP) is 8.58. The number of benzene rings is 3. The van der Waals surface area contributed by atoms with E-state index in [1.165, 1.54) is 18.4 Å². The Kier molecular flexibility index (Phi) is 13.0. The summed E-state index contributed by atoms with van der Waals surface area (Å²) in [7, 11) is -2.10. The van der Waals surface area contributed by atoms with Crippen molar-refractivity contribution in [2.24, 2.45) is 0 Å². The summed E-state index contributed by atoms with van der Waals surface area (Å²) in [6.07, 6.45) is 5.35. The van der Waals surface area contributed by atoms with Crippen LogP contribution in [0.5, 0.6) is 5.75 Å². The van der Waals surface area contributed by atoms with Crippen molar-refractivity contribution in [3.05, 3.63) is 112 Å². The molecule has 0 unspecified atom stereocenters. The fourth-order valence-corrected chi connectivity index (χ4v) is 6.38. The summed E-state index contributed by atoms with van der Waals surface area (Å²) < 4.78 is 19.1. The smallest absolute Gasteiger partial charge is 0.248 e. The van der Waals surface area contributed by atoms with Gasteiger partial charge in [0.2, 0.25) is 5.56 Å². The second kappa shape index (κ2) is 16.9. The number of nitrogens with one attached hydrogen (secondary N) is 2. The van der Waals surface area contributed by atoms with E-state index in [-0.39, 0.29) is 16.7 Å². The van der Waals surface area contributed by atoms with Crippen molar-refractivity contribution < 1.29 is 13.9 Å². The Morgan fingerprint density at radius 2 is 1.49 bits per heavy atom. The van der Waals surface area contributed by atoms with Crippen LogP contribution in [0.2, 0.25) is 18.1 Å². The summed E-state index contributed by atoms with van der Waals surface area (Å²) in [6, 6.07) is 28.2. The van der Waals surface area contributed by atoms with Crippen LogP contribution in [0.25, 0.3) is 10.9 Å². The van der Waals surface area contributed by atoms with Crippen LogP contribution in [0, 0.1) is 0 Å². The molecule has 0 bridgehead atoms. The Morgan fingerprint density at radius 1 is 0.800 bits per heavy atom. The van der Waals surface area contributed by atoms with Crippen molar-refractivity contribution in [1.29, 1.82) is 0 Å². The Hall–Kier alpha value is -3.23. The van der Waals surface area contributed by atoms with Gasteiger partial charge in [-0.1, -0.05) is 100 Å². The molecule has 242 valence electrons. The molecular formula is C38H52N2O4Si. The number of pyridine rings is 1. The monoisotopic (exact) mass is 628 g/mol. The van der Waals surface area contributed by atoms with E-state index in [2.05, 4.69) is 74.5 Å². The summed E-state index contributed by atoms with van der Waals surface area (Å²) >= 11 is 0. The van der Waals surface area contributed by atoms with Gasteiger partial charge >= 0.3 is 0 Å². The van der Waals surface area contributed by atoms with Gasteiger partial charge in [0.25, 0.3) is 0 Å². The van der Waals surface area contributed by atoms with Gasteiger partial charge in [0, 0.05) is 24.6 Å². The number of fused-ring (bicyclic) bond motifs is 1. The lowest BCUT2D eigenvalue weighted by Gasteiger charge is -2.39. The fraction of sp³-hybridized carbons (Fsp3) is 0.447. The lowest BCUT2D eigenvalue weighted by atomic mass is 10.0. The molecule has 0 aliphatic carbocycles. The Balaban J connectivity index is 1.35. The van der Waals surface area contributed by atoms with Crippen LogP contribution in [-0.4, -0.2) is 39.6 Å². The lowest BCUT2D eigenvalue weighted by Crippen LogP contribution is -2.43. The van der Waals surface area contributed by atoms with Crippen molar-refractivity contribution in [1.82, 2.24) is 10.3 Å². The first-order valence-electron chi connectivity index (χ1n) is 16.5. The second-order valence-electron chi connectivity index (χ2n) is 13.4. The lowest BCUT2D eigenvalue weighted by molar-refractivity contribution is 0.133. The molecule has 7 heteroatoms. The van der Waals surface area contributed by atoms with E-state index in [0.29, 0.717) is 24.4 Å². The number of hydrogen-bond acceptors (Lipinski definition) is 5. The fourth-order valence-electron chi connectivity index (χ4n) is 5.11. The third-order valence-electron chi connectivity index (χ3n) is 8.82. The first-order valence-corrected chi connectivity index (χ1v) is 19.4. The van der Waals surface area contributed by atoms with Gasteiger partial charge in [-0.25, -0.2) is 0 Å². The zero-order valence-corrected chi connectivity index (χ0v) is 28.9. The Bertz CT molecular complexity index is 1500. The molecule has 1 heterocycles. The number of ether oxygens (including phenoxy) is 2. The molecule has 0 saturated carbocycles. The topological polar surface area (TPSA) is 72.6 Å². The van der Waals surface area contributed by atoms with Gasteiger partial charge in [0.1, 0.15) is 12.4 Å². The highest BCUT2D eigenvalue weighted by atomic mass is 28.4. The average Bonchev–Trinajstić information content (AvgIpc) is 3.02. The number of rotatable bonds is 18. The van der Waals surface area contributed by atoms with Crippen molar-refractivity contribution in [2.45, 2.75) is 83.7 Å². The normalized spacial score (nSPS) is 12.8. The van der Waals surface area contributed by atoms with E-state index in [4.69, 9.17) is 13.9 Å². The molecule has 1 atom stereocenters. The van der Waals surface area contributed by atoms with Crippen LogP contribution in [0.4, 0.5) is 0 Å². The second-order valence-corrected chi connectivity index (χ2v) is 18.1. The van der Waals surface area contributed by atoms with Crippen LogP contribution < -0.4 is 15.6 Å². The molecule has 1 aromatic heterocycles. The highest BCUT2D eigenvalue weighted by Gasteiger charge is 2.39. The minimum absolute atomic E-state index is 0.0667. The Morgan fingerprint density at radius 3 is 2.20 bits per heavy atom. The van der Waals surface area contributed by atoms with Crippen LogP contribution in [0.15, 0.2) is 89.7 Å². The van der Waals surface area contributed by atoms with Crippen LogP contribution in [0.1, 0.15) is 69.2 Å². The highest BCUT2D eigenvalue weighted by molar-refractivity contribution is 6.74. The maximum Gasteiger partial charge on any atom is 0.248 e. The zero-order chi connectivity index (χ0) is 32.1. The molecule has 0 saturated heterocycles. The maximum atomic E-state index is 12.4. The molecule has 0 aliphatic heterocycles. The SMILES string of the molecule is CC(C)(C)[Si](C)(C)O[C@@H](CNCCCCCCOCCc1ccccc1)c1ccc(OCc2ccccc2)c2[nH]c(=O)ccc12. The van der Waals surface area contributed by atoms with E-state index in [1.807, 2.05) is 48.5 Å². The highest BCUT2D eigenvalue weighted by Crippen LogP contribution is 2.41. The van der Waals surface area contributed by atoms with E-state index in [1.54, 1.807) is 6.07 Å². The van der Waals surface area contributed by atoms with Gasteiger partial charge < -0.3 is 24.2 Å². The Labute approximate surface area is 270 Å². The summed E-state index contributed by atoms with van der Waals surface area (Å²) in [5.74, 6) is 0.665. The van der Waals surface area contributed by atoms with Gasteiger partial charge in [0.05, 0.1) is 18.2 Å². The van der Waals surface area contributed by atoms with E-state index in [9.17, 15) is 4.79 Å². The van der Waals surface area contributed by atoms with Crippen molar-refractivity contribution in [3.63, 3.8) is 0 Å². The first-order chi connectivity index (χ1) is 21.6. The van der Waals surface area contributed by atoms with Crippen LogP contribution in [0.3, 0.4) is 0 Å². The maximum absolute atomic E-state index is 12.4. The zero-order valence-electron chi connectivity index (χ0n) is 27.9. The standard InChI is InChI=1S/C38H52N2O4Si/c1-38(2,3)45(4,5)44-35(28-39-25-14-6-7-15-26-42-27-24-30-16-10-8-11-17-30)32-20-22-34(37-33(32)21-23-36(41)40-37)43-29-31-18-12-9-13-19-31/h8-13,16-23,35,39H,6-7,14-15,24-29H2,1-5H3,(H,40,41)/t35-/m0/s1. The van der Waals surface area contributed by atoms with Gasteiger partial charge in [-0.3, -0.25) is 4.79 Å². The van der Waals surface area contributed by atoms with Gasteiger partial charge in [-0.2, -0.15) is 0 Å². The third-order valence-corrected chi connectivity index (χ3v) is 13.3.